The summed E-state index contributed by atoms with van der Waals surface area (Å²) < 4.78 is 13.5. The zero-order valence-corrected chi connectivity index (χ0v) is 12.9. The molecule has 1 N–H and O–H groups in total. The van der Waals surface area contributed by atoms with Gasteiger partial charge in [-0.25, -0.2) is 4.39 Å². The van der Waals surface area contributed by atoms with Crippen molar-refractivity contribution in [2.45, 2.75) is 19.5 Å². The number of amides is 1. The molecule has 0 aliphatic heterocycles. The second kappa shape index (κ2) is 7.71. The highest BCUT2D eigenvalue weighted by atomic mass is 19.1. The molecule has 0 heterocycles. The van der Waals surface area contributed by atoms with Gasteiger partial charge in [-0.3, -0.25) is 9.69 Å². The smallest absolute Gasteiger partial charge is 0.234 e. The van der Waals surface area contributed by atoms with Crippen LogP contribution in [0.25, 0.3) is 0 Å². The Morgan fingerprint density at radius 2 is 1.77 bits per heavy atom. The number of carbonyl (C=O) groups excluding carboxylic acids is 1. The maximum absolute atomic E-state index is 13.5. The number of benzene rings is 2. The first-order chi connectivity index (χ1) is 10.6. The molecule has 0 bridgehead atoms. The van der Waals surface area contributed by atoms with Gasteiger partial charge in [0.2, 0.25) is 5.91 Å². The normalized spacial score (nSPS) is 12.2. The van der Waals surface area contributed by atoms with Crippen molar-refractivity contribution in [3.63, 3.8) is 0 Å². The first-order valence-electron chi connectivity index (χ1n) is 7.33. The van der Waals surface area contributed by atoms with Crippen molar-refractivity contribution in [2.75, 3.05) is 13.6 Å². The third-order valence-corrected chi connectivity index (χ3v) is 3.77. The highest BCUT2D eigenvalue weighted by molar-refractivity contribution is 5.78. The van der Waals surface area contributed by atoms with Gasteiger partial charge in [0.25, 0.3) is 0 Å². The number of nitrogens with one attached hydrogen (secondary N) is 1. The average Bonchev–Trinajstić information content (AvgIpc) is 2.54. The Hall–Kier alpha value is -2.20. The Bertz CT molecular complexity index is 615. The second-order valence-electron chi connectivity index (χ2n) is 5.37. The Balaban J connectivity index is 1.85. The average molecular weight is 300 g/mol. The summed E-state index contributed by atoms with van der Waals surface area (Å²) in [5.74, 6) is -0.414. The highest BCUT2D eigenvalue weighted by Crippen LogP contribution is 2.17. The van der Waals surface area contributed by atoms with E-state index in [1.165, 1.54) is 6.07 Å². The van der Waals surface area contributed by atoms with E-state index in [1.807, 2.05) is 42.3 Å². The summed E-state index contributed by atoms with van der Waals surface area (Å²) in [4.78, 5) is 14.0. The van der Waals surface area contributed by atoms with Crippen LogP contribution in [0.1, 0.15) is 24.1 Å². The molecule has 3 nitrogen and oxygen atoms in total. The fraction of sp³-hybridized carbons (Fsp3) is 0.278. The van der Waals surface area contributed by atoms with E-state index in [9.17, 15) is 9.18 Å². The molecule has 0 spiro atoms. The van der Waals surface area contributed by atoms with Crippen LogP contribution in [-0.4, -0.2) is 24.4 Å². The molecule has 0 saturated carbocycles. The van der Waals surface area contributed by atoms with E-state index in [1.54, 1.807) is 18.2 Å². The summed E-state index contributed by atoms with van der Waals surface area (Å²) in [5, 5.41) is 2.76. The summed E-state index contributed by atoms with van der Waals surface area (Å²) in [7, 11) is 1.90. The van der Waals surface area contributed by atoms with Gasteiger partial charge in [0.15, 0.2) is 0 Å². The van der Waals surface area contributed by atoms with Crippen molar-refractivity contribution in [3.05, 3.63) is 71.5 Å². The molecule has 2 aromatic carbocycles. The van der Waals surface area contributed by atoms with E-state index in [4.69, 9.17) is 0 Å². The van der Waals surface area contributed by atoms with Gasteiger partial charge in [0.05, 0.1) is 6.54 Å². The van der Waals surface area contributed by atoms with Crippen LogP contribution < -0.4 is 5.32 Å². The van der Waals surface area contributed by atoms with E-state index < -0.39 is 0 Å². The molecule has 0 fully saturated rings. The molecule has 2 aromatic rings. The molecule has 0 aliphatic rings. The van der Waals surface area contributed by atoms with E-state index in [-0.39, 0.29) is 30.9 Å². The van der Waals surface area contributed by atoms with E-state index in [0.717, 1.165) is 5.56 Å². The maximum Gasteiger partial charge on any atom is 0.234 e. The summed E-state index contributed by atoms with van der Waals surface area (Å²) in [5.41, 5.74) is 1.65. The lowest BCUT2D eigenvalue weighted by molar-refractivity contribution is -0.122. The molecule has 0 saturated heterocycles. The first kappa shape index (κ1) is 16.2. The second-order valence-corrected chi connectivity index (χ2v) is 5.37. The Labute approximate surface area is 130 Å². The zero-order chi connectivity index (χ0) is 15.9. The molecule has 1 amide bonds. The fourth-order valence-corrected chi connectivity index (χ4v) is 2.24. The third-order valence-electron chi connectivity index (χ3n) is 3.77. The Kier molecular flexibility index (Phi) is 5.67. The third kappa shape index (κ3) is 4.40. The number of nitrogens with zero attached hydrogens (tertiary/aromatic N) is 1. The molecule has 116 valence electrons. The van der Waals surface area contributed by atoms with Crippen LogP contribution in [0.2, 0.25) is 0 Å². The topological polar surface area (TPSA) is 32.3 Å². The van der Waals surface area contributed by atoms with Crippen molar-refractivity contribution in [1.29, 1.82) is 0 Å². The largest absolute Gasteiger partial charge is 0.351 e. The standard InChI is InChI=1S/C18H21FN2O/c1-14(15-8-4-3-5-9-15)21(2)13-18(22)20-12-16-10-6-7-11-17(16)19/h3-11,14H,12-13H2,1-2H3,(H,20,22). The molecule has 1 unspecified atom stereocenters. The van der Waals surface area contributed by atoms with Crippen LogP contribution in [0.15, 0.2) is 54.6 Å². The van der Waals surface area contributed by atoms with E-state index in [2.05, 4.69) is 12.2 Å². The molecule has 4 heteroatoms. The van der Waals surface area contributed by atoms with Gasteiger partial charge >= 0.3 is 0 Å². The first-order valence-corrected chi connectivity index (χ1v) is 7.33. The van der Waals surface area contributed by atoms with Crippen molar-refractivity contribution in [1.82, 2.24) is 10.2 Å². The zero-order valence-electron chi connectivity index (χ0n) is 12.9. The minimum absolute atomic E-state index is 0.117. The summed E-state index contributed by atoms with van der Waals surface area (Å²) in [6.45, 7) is 2.53. The van der Waals surface area contributed by atoms with Gasteiger partial charge < -0.3 is 5.32 Å². The van der Waals surface area contributed by atoms with Gasteiger partial charge in [0.1, 0.15) is 5.82 Å². The molecule has 0 aliphatic carbocycles. The quantitative estimate of drug-likeness (QED) is 0.889. The lowest BCUT2D eigenvalue weighted by Crippen LogP contribution is -2.36. The number of rotatable bonds is 6. The number of likely N-dealkylation sites (N-methyl/N-ethyl adjacent to an activating group) is 1. The van der Waals surface area contributed by atoms with E-state index >= 15 is 0 Å². The van der Waals surface area contributed by atoms with E-state index in [0.29, 0.717) is 5.56 Å². The summed E-state index contributed by atoms with van der Waals surface area (Å²) in [6.07, 6.45) is 0. The minimum atomic E-state index is -0.297. The van der Waals surface area contributed by atoms with Crippen LogP contribution in [0.3, 0.4) is 0 Å². The molecule has 22 heavy (non-hydrogen) atoms. The van der Waals surface area contributed by atoms with Gasteiger partial charge in [0, 0.05) is 18.2 Å². The minimum Gasteiger partial charge on any atom is -0.351 e. The lowest BCUT2D eigenvalue weighted by atomic mass is 10.1. The Morgan fingerprint density at radius 3 is 2.45 bits per heavy atom. The molecule has 1 atom stereocenters. The SMILES string of the molecule is CC(c1ccccc1)N(C)CC(=O)NCc1ccccc1F. The molecular formula is C18H21FN2O. The summed E-state index contributed by atoms with van der Waals surface area (Å²) in [6, 6.07) is 16.6. The number of hydrogen-bond donors (Lipinski definition) is 1. The van der Waals surface area contributed by atoms with Crippen LogP contribution in [0.4, 0.5) is 4.39 Å². The Morgan fingerprint density at radius 1 is 1.14 bits per heavy atom. The van der Waals surface area contributed by atoms with Crippen LogP contribution in [-0.2, 0) is 11.3 Å². The van der Waals surface area contributed by atoms with Crippen LogP contribution >= 0.6 is 0 Å². The monoisotopic (exact) mass is 300 g/mol. The maximum atomic E-state index is 13.5. The molecule has 0 aromatic heterocycles. The van der Waals surface area contributed by atoms with Crippen molar-refractivity contribution in [2.24, 2.45) is 0 Å². The predicted molar refractivity (Wildman–Crippen MR) is 85.7 cm³/mol. The van der Waals surface area contributed by atoms with Gasteiger partial charge in [-0.2, -0.15) is 0 Å². The van der Waals surface area contributed by atoms with Crippen LogP contribution in [0.5, 0.6) is 0 Å². The number of halogens is 1. The number of carbonyl (C=O) groups is 1. The fourth-order valence-electron chi connectivity index (χ4n) is 2.24. The summed E-state index contributed by atoms with van der Waals surface area (Å²) >= 11 is 0. The van der Waals surface area contributed by atoms with Gasteiger partial charge in [-0.05, 0) is 25.6 Å². The molecule has 2 rings (SSSR count). The highest BCUT2D eigenvalue weighted by Gasteiger charge is 2.14. The predicted octanol–water partition coefficient (Wildman–Crippen LogP) is 3.13. The van der Waals surface area contributed by atoms with Crippen molar-refractivity contribution in [3.8, 4) is 0 Å². The number of hydrogen-bond acceptors (Lipinski definition) is 2. The van der Waals surface area contributed by atoms with Gasteiger partial charge in [-0.1, -0.05) is 48.5 Å². The lowest BCUT2D eigenvalue weighted by Gasteiger charge is -2.24. The van der Waals surface area contributed by atoms with Gasteiger partial charge in [-0.15, -0.1) is 0 Å². The van der Waals surface area contributed by atoms with Crippen molar-refractivity contribution < 1.29 is 9.18 Å². The van der Waals surface area contributed by atoms with Crippen LogP contribution in [0, 0.1) is 5.82 Å². The van der Waals surface area contributed by atoms with Crippen molar-refractivity contribution >= 4 is 5.91 Å². The molecule has 0 radical (unpaired) electrons. The molecular weight excluding hydrogens is 279 g/mol.